The van der Waals surface area contributed by atoms with E-state index in [1.807, 2.05) is 6.26 Å². The second-order valence-electron chi connectivity index (χ2n) is 23.8. The average Bonchev–Trinajstić information content (AvgIpc) is 1.47. The van der Waals surface area contributed by atoms with Crippen LogP contribution in [-0.4, -0.2) is 159 Å². The highest BCUT2D eigenvalue weighted by Gasteiger charge is 2.38. The summed E-state index contributed by atoms with van der Waals surface area (Å²) >= 11 is 1.42. The lowest BCUT2D eigenvalue weighted by molar-refractivity contribution is -0.142. The second kappa shape index (κ2) is 38.0. The van der Waals surface area contributed by atoms with Gasteiger partial charge in [0.1, 0.15) is 65.9 Å². The number of aromatic hydroxyl groups is 2. The highest BCUT2D eigenvalue weighted by atomic mass is 32.2. The number of rotatable bonds is 39. The third kappa shape index (κ3) is 27.1. The number of carbonyl (C=O) groups is 12. The van der Waals surface area contributed by atoms with Gasteiger partial charge in [-0.2, -0.15) is 11.8 Å². The number of hydrogen-bond donors (Lipinski definition) is 15. The molecular weight excluding hydrogens is 1200 g/mol. The number of amides is 11. The zero-order valence-electron chi connectivity index (χ0n) is 53.0. The van der Waals surface area contributed by atoms with Crippen molar-refractivity contribution in [2.75, 3.05) is 12.0 Å². The van der Waals surface area contributed by atoms with Crippen LogP contribution in [0.4, 0.5) is 0 Å². The summed E-state index contributed by atoms with van der Waals surface area (Å²) in [5.41, 5.74) is 19.1. The van der Waals surface area contributed by atoms with Crippen LogP contribution in [0.2, 0.25) is 0 Å². The molecule has 0 aliphatic carbocycles. The number of aliphatic carboxylic acids is 1. The lowest BCUT2D eigenvalue weighted by atomic mass is 9.96. The summed E-state index contributed by atoms with van der Waals surface area (Å²) in [6.45, 7) is 13.5. The van der Waals surface area contributed by atoms with Gasteiger partial charge in [-0.1, -0.05) is 116 Å². The number of benzene rings is 3. The zero-order chi connectivity index (χ0) is 68.2. The molecule has 0 heterocycles. The van der Waals surface area contributed by atoms with Crippen molar-refractivity contribution in [3.05, 3.63) is 95.6 Å². The number of nitrogens with one attached hydrogen (secondary N) is 9. The van der Waals surface area contributed by atoms with Gasteiger partial charge in [-0.05, 0) is 102 Å². The Labute approximate surface area is 534 Å². The third-order valence-corrected chi connectivity index (χ3v) is 15.3. The molecule has 18 N–H and O–H groups in total. The molecule has 3 aromatic rings. The van der Waals surface area contributed by atoms with E-state index in [4.69, 9.17) is 17.2 Å². The molecule has 27 nitrogen and oxygen atoms in total. The van der Waals surface area contributed by atoms with Crippen LogP contribution < -0.4 is 65.1 Å². The molecular formula is C63H92N12O15S. The number of phenols is 2. The highest BCUT2D eigenvalue weighted by Crippen LogP contribution is 2.17. The minimum atomic E-state index is -1.84. The van der Waals surface area contributed by atoms with Gasteiger partial charge in [0.2, 0.25) is 65.0 Å². The third-order valence-electron chi connectivity index (χ3n) is 14.7. The maximum absolute atomic E-state index is 14.6. The number of nitrogens with two attached hydrogens (primary N) is 3. The first-order valence-corrected chi connectivity index (χ1v) is 31.6. The topological polar surface area (TPSA) is 452 Å². The molecule has 3 rings (SSSR count). The molecule has 11 amide bonds. The summed E-state index contributed by atoms with van der Waals surface area (Å²) in [6, 6.07) is 5.93. The van der Waals surface area contributed by atoms with Crippen molar-refractivity contribution in [3.63, 3.8) is 0 Å². The fourth-order valence-corrected chi connectivity index (χ4v) is 9.94. The van der Waals surface area contributed by atoms with Gasteiger partial charge < -0.3 is 80.4 Å². The second-order valence-corrected chi connectivity index (χ2v) is 24.8. The average molecular weight is 1290 g/mol. The fraction of sp³-hybridized carbons (Fsp3) is 0.524. The van der Waals surface area contributed by atoms with Gasteiger partial charge in [-0.15, -0.1) is 0 Å². The van der Waals surface area contributed by atoms with E-state index >= 15 is 0 Å². The molecule has 11 atom stereocenters. The van der Waals surface area contributed by atoms with E-state index < -0.39 is 156 Å². The van der Waals surface area contributed by atoms with Crippen molar-refractivity contribution in [3.8, 4) is 11.5 Å². The molecule has 0 aliphatic heterocycles. The van der Waals surface area contributed by atoms with Crippen LogP contribution in [0, 0.1) is 23.7 Å². The smallest absolute Gasteiger partial charge is 0.305 e. The first-order chi connectivity index (χ1) is 42.8. The SMILES string of the molecule is CC[C@H](C)[C@H](NC(=O)[C@@H](N)Cc1ccccc1)C(=O)N[C@@H](CC(=O)O)C(=O)N[C@@H](CC(C)C)C(=O)N[C@@H](CC(N)=O)C(=O)N[C@@H](Cc1ccc(O)cc1)C(=O)N[C@@H](CC(C)C)C(=O)N[C@H](C(=O)N[C@@H](Cc1ccc(O)cc1)C(=O)N[C@@H](CCSC)C(N)=O)C(C)C. The van der Waals surface area contributed by atoms with Crippen LogP contribution >= 0.6 is 11.8 Å². The number of phenolic OH excluding ortho intramolecular Hbond substituents is 2. The molecule has 0 radical (unpaired) electrons. The number of carboxylic acids is 1. The molecule has 0 spiro atoms. The van der Waals surface area contributed by atoms with Gasteiger partial charge in [0.15, 0.2) is 0 Å². The predicted molar refractivity (Wildman–Crippen MR) is 341 cm³/mol. The predicted octanol–water partition coefficient (Wildman–Crippen LogP) is 0.199. The van der Waals surface area contributed by atoms with E-state index in [0.717, 1.165) is 5.56 Å². The lowest BCUT2D eigenvalue weighted by Gasteiger charge is -2.30. The molecule has 0 saturated carbocycles. The van der Waals surface area contributed by atoms with Gasteiger partial charge in [-0.25, -0.2) is 0 Å². The Hall–Kier alpha value is -8.79. The minimum Gasteiger partial charge on any atom is -0.508 e. The van der Waals surface area contributed by atoms with Gasteiger partial charge in [0, 0.05) is 12.8 Å². The molecule has 0 unspecified atom stereocenters. The van der Waals surface area contributed by atoms with E-state index in [0.29, 0.717) is 23.3 Å². The molecule has 0 aromatic heterocycles. The maximum Gasteiger partial charge on any atom is 0.305 e. The van der Waals surface area contributed by atoms with E-state index in [1.165, 1.54) is 60.3 Å². The van der Waals surface area contributed by atoms with Crippen molar-refractivity contribution in [1.29, 1.82) is 0 Å². The number of thioether (sulfide) groups is 1. The molecule has 28 heteroatoms. The van der Waals surface area contributed by atoms with Crippen LogP contribution in [0.15, 0.2) is 78.9 Å². The van der Waals surface area contributed by atoms with Crippen molar-refractivity contribution in [1.82, 2.24) is 47.9 Å². The molecule has 0 fully saturated rings. The Kier molecular flexibility index (Phi) is 32.0. The van der Waals surface area contributed by atoms with Gasteiger partial charge in [-0.3, -0.25) is 57.5 Å². The van der Waals surface area contributed by atoms with Crippen LogP contribution in [0.3, 0.4) is 0 Å². The van der Waals surface area contributed by atoms with Crippen LogP contribution in [0.5, 0.6) is 11.5 Å². The number of carboxylic acid groups (broad SMARTS) is 1. The molecule has 0 bridgehead atoms. The minimum absolute atomic E-state index is 0.0282. The van der Waals surface area contributed by atoms with E-state index in [2.05, 4.69) is 47.9 Å². The summed E-state index contributed by atoms with van der Waals surface area (Å²) in [4.78, 5) is 165. The number of primary amides is 2. The first-order valence-electron chi connectivity index (χ1n) is 30.2. The normalized spacial score (nSPS) is 14.9. The van der Waals surface area contributed by atoms with Crippen LogP contribution in [0.1, 0.15) is 111 Å². The Morgan fingerprint density at radius 1 is 0.451 bits per heavy atom. The van der Waals surface area contributed by atoms with E-state index in [9.17, 15) is 72.9 Å². The summed E-state index contributed by atoms with van der Waals surface area (Å²) < 4.78 is 0. The summed E-state index contributed by atoms with van der Waals surface area (Å²) in [6.07, 6.45) is 0.0608. The molecule has 0 saturated heterocycles. The maximum atomic E-state index is 14.6. The summed E-state index contributed by atoms with van der Waals surface area (Å²) in [5.74, 6) is -13.3. The van der Waals surface area contributed by atoms with Gasteiger partial charge >= 0.3 is 5.97 Å². The summed E-state index contributed by atoms with van der Waals surface area (Å²) in [5, 5.41) is 53.0. The van der Waals surface area contributed by atoms with Crippen molar-refractivity contribution >= 4 is 82.7 Å². The number of hydrogen-bond acceptors (Lipinski definition) is 16. The van der Waals surface area contributed by atoms with Crippen molar-refractivity contribution in [2.45, 2.75) is 174 Å². The zero-order valence-corrected chi connectivity index (χ0v) is 53.9. The quantitative estimate of drug-likeness (QED) is 0.0363. The monoisotopic (exact) mass is 1290 g/mol. The molecule has 91 heavy (non-hydrogen) atoms. The van der Waals surface area contributed by atoms with Crippen molar-refractivity contribution in [2.24, 2.45) is 40.9 Å². The summed E-state index contributed by atoms with van der Waals surface area (Å²) in [7, 11) is 0. The van der Waals surface area contributed by atoms with E-state index in [1.54, 1.807) is 85.7 Å². The first kappa shape index (κ1) is 76.5. The van der Waals surface area contributed by atoms with E-state index in [-0.39, 0.29) is 61.9 Å². The molecule has 500 valence electrons. The Bertz CT molecular complexity index is 2950. The Morgan fingerprint density at radius 2 is 0.824 bits per heavy atom. The highest BCUT2D eigenvalue weighted by molar-refractivity contribution is 7.98. The van der Waals surface area contributed by atoms with Crippen LogP contribution in [0.25, 0.3) is 0 Å². The van der Waals surface area contributed by atoms with Crippen LogP contribution in [-0.2, 0) is 76.8 Å². The Morgan fingerprint density at radius 3 is 1.25 bits per heavy atom. The molecule has 3 aromatic carbocycles. The lowest BCUT2D eigenvalue weighted by Crippen LogP contribution is -2.62. The number of carbonyl (C=O) groups excluding carboxylic acids is 11. The van der Waals surface area contributed by atoms with Gasteiger partial charge in [0.25, 0.3) is 0 Å². The van der Waals surface area contributed by atoms with Crippen molar-refractivity contribution < 1.29 is 72.9 Å². The Balaban J connectivity index is 1.94. The molecule has 0 aliphatic rings. The fourth-order valence-electron chi connectivity index (χ4n) is 9.47. The standard InChI is InChI=1S/C63H92N12O15S/c1-10-36(8)53(75-55(82)42(64)28-37-14-12-11-13-15-37)63(90)73-49(32-51(79)80)60(87)68-44(26-33(2)3)56(83)71-48(31-50(65)78)59(86)70-46(29-38-16-20-40(76)21-17-38)58(85)69-45(27-34(4)5)61(88)74-52(35(6)7)62(89)72-47(30-39-18-22-41(77)23-19-39)57(84)67-43(54(66)81)24-25-91-9/h11-23,33-36,42-49,52-53,76-77H,10,24-32,64H2,1-9H3,(H2,65,78)(H2,66,81)(H,67,84)(H,68,87)(H,69,85)(H,70,86)(H,71,83)(H,72,89)(H,73,90)(H,74,88)(H,75,82)(H,79,80)/t36-,42-,43-,44-,45-,46-,47-,48-,49-,52-,53-/m0/s1. The van der Waals surface area contributed by atoms with Gasteiger partial charge in [0.05, 0.1) is 18.9 Å². The largest absolute Gasteiger partial charge is 0.508 e.